The maximum Gasteiger partial charge on any atom is 0.280 e. The number of ether oxygens (including phenoxy) is 2. The molecular formula is C23H24N2O3. The summed E-state index contributed by atoms with van der Waals surface area (Å²) in [4.78, 5) is 12.3. The molecule has 0 aliphatic carbocycles. The van der Waals surface area contributed by atoms with Gasteiger partial charge in [0.25, 0.3) is 5.91 Å². The number of carbonyl (C=O) groups is 1. The smallest absolute Gasteiger partial charge is 0.280 e. The fourth-order valence-corrected chi connectivity index (χ4v) is 2.69. The first-order valence-corrected chi connectivity index (χ1v) is 9.37. The lowest BCUT2D eigenvalue weighted by Crippen LogP contribution is -2.33. The van der Waals surface area contributed by atoms with Crippen molar-refractivity contribution in [2.24, 2.45) is 5.10 Å². The van der Waals surface area contributed by atoms with E-state index < -0.39 is 6.10 Å². The molecule has 5 nitrogen and oxygen atoms in total. The molecule has 1 N–H and O–H groups in total. The van der Waals surface area contributed by atoms with Crippen molar-refractivity contribution in [3.05, 3.63) is 72.3 Å². The Labute approximate surface area is 165 Å². The number of nitrogens with zero attached hydrogens (tertiary/aromatic N) is 1. The third-order valence-corrected chi connectivity index (χ3v) is 4.16. The van der Waals surface area contributed by atoms with Crippen molar-refractivity contribution >= 4 is 22.9 Å². The van der Waals surface area contributed by atoms with Gasteiger partial charge in [0, 0.05) is 5.56 Å². The molecule has 1 atom stereocenters. The van der Waals surface area contributed by atoms with Crippen molar-refractivity contribution in [3.8, 4) is 11.5 Å². The van der Waals surface area contributed by atoms with Crippen molar-refractivity contribution in [3.63, 3.8) is 0 Å². The highest BCUT2D eigenvalue weighted by atomic mass is 16.5. The van der Waals surface area contributed by atoms with Crippen molar-refractivity contribution in [2.75, 3.05) is 6.61 Å². The minimum atomic E-state index is -0.676. The van der Waals surface area contributed by atoms with E-state index in [9.17, 15) is 4.79 Å². The number of para-hydroxylation sites is 1. The van der Waals surface area contributed by atoms with Crippen LogP contribution >= 0.6 is 0 Å². The highest BCUT2D eigenvalue weighted by molar-refractivity contribution is 5.87. The van der Waals surface area contributed by atoms with E-state index in [0.717, 1.165) is 28.5 Å². The van der Waals surface area contributed by atoms with Crippen LogP contribution in [0.15, 0.2) is 71.8 Å². The molecule has 3 aromatic rings. The van der Waals surface area contributed by atoms with Gasteiger partial charge in [-0.25, -0.2) is 5.43 Å². The normalized spacial score (nSPS) is 12.1. The molecule has 0 fully saturated rings. The molecule has 0 bridgehead atoms. The SMILES string of the molecule is CCCOc1ccccc1/C=N\NC(=O)[C@H](C)Oc1ccc2ccccc2c1. The lowest BCUT2D eigenvalue weighted by atomic mass is 10.1. The first-order valence-electron chi connectivity index (χ1n) is 9.37. The molecule has 0 radical (unpaired) electrons. The van der Waals surface area contributed by atoms with E-state index >= 15 is 0 Å². The second-order valence-electron chi connectivity index (χ2n) is 6.39. The molecule has 0 aliphatic heterocycles. The van der Waals surface area contributed by atoms with Crippen LogP contribution in [-0.2, 0) is 4.79 Å². The Bertz CT molecular complexity index is 969. The molecule has 0 unspecified atom stereocenters. The standard InChI is InChI=1S/C23H24N2O3/c1-3-14-27-22-11-7-6-10-20(22)16-24-25-23(26)17(2)28-21-13-12-18-8-4-5-9-19(18)15-21/h4-13,15-17H,3,14H2,1-2H3,(H,25,26)/b24-16-/t17-/m0/s1. The number of carbonyl (C=O) groups excluding carboxylic acids is 1. The molecule has 28 heavy (non-hydrogen) atoms. The van der Waals surface area contributed by atoms with Crippen molar-refractivity contribution in [1.29, 1.82) is 0 Å². The number of amides is 1. The van der Waals surface area contributed by atoms with Crippen LogP contribution in [0.25, 0.3) is 10.8 Å². The molecule has 3 aromatic carbocycles. The number of rotatable bonds is 8. The largest absolute Gasteiger partial charge is 0.493 e. The molecule has 3 rings (SSSR count). The summed E-state index contributed by atoms with van der Waals surface area (Å²) in [5.41, 5.74) is 3.33. The van der Waals surface area contributed by atoms with E-state index in [-0.39, 0.29) is 5.91 Å². The Morgan fingerprint density at radius 3 is 2.64 bits per heavy atom. The van der Waals surface area contributed by atoms with Crippen molar-refractivity contribution in [2.45, 2.75) is 26.4 Å². The molecule has 5 heteroatoms. The van der Waals surface area contributed by atoms with Crippen LogP contribution in [0.5, 0.6) is 11.5 Å². The van der Waals surface area contributed by atoms with E-state index in [0.29, 0.717) is 12.4 Å². The third kappa shape index (κ3) is 5.10. The Kier molecular flexibility index (Phi) is 6.63. The molecule has 144 valence electrons. The van der Waals surface area contributed by atoms with Crippen LogP contribution in [0, 0.1) is 0 Å². The average molecular weight is 376 g/mol. The summed E-state index contributed by atoms with van der Waals surface area (Å²) in [6.45, 7) is 4.38. The molecule has 0 aromatic heterocycles. The topological polar surface area (TPSA) is 59.9 Å². The predicted molar refractivity (Wildman–Crippen MR) is 112 cm³/mol. The van der Waals surface area contributed by atoms with Gasteiger partial charge in [-0.05, 0) is 48.4 Å². The molecule has 0 heterocycles. The minimum absolute atomic E-state index is 0.323. The van der Waals surface area contributed by atoms with Gasteiger partial charge in [0.05, 0.1) is 12.8 Å². The second kappa shape index (κ2) is 9.55. The summed E-state index contributed by atoms with van der Waals surface area (Å²) in [6, 6.07) is 21.3. The minimum Gasteiger partial charge on any atom is -0.493 e. The number of hydrazone groups is 1. The monoisotopic (exact) mass is 376 g/mol. The first-order chi connectivity index (χ1) is 13.7. The second-order valence-corrected chi connectivity index (χ2v) is 6.39. The van der Waals surface area contributed by atoms with E-state index in [4.69, 9.17) is 9.47 Å². The zero-order valence-corrected chi connectivity index (χ0v) is 16.1. The Hall–Kier alpha value is -3.34. The zero-order chi connectivity index (χ0) is 19.8. The summed E-state index contributed by atoms with van der Waals surface area (Å²) in [5, 5.41) is 6.23. The van der Waals surface area contributed by atoms with Gasteiger partial charge in [0.2, 0.25) is 0 Å². The van der Waals surface area contributed by atoms with Gasteiger partial charge in [-0.2, -0.15) is 5.10 Å². The Balaban J connectivity index is 1.59. The lowest BCUT2D eigenvalue weighted by molar-refractivity contribution is -0.127. The molecular weight excluding hydrogens is 352 g/mol. The predicted octanol–water partition coefficient (Wildman–Crippen LogP) is 4.55. The zero-order valence-electron chi connectivity index (χ0n) is 16.1. The fourth-order valence-electron chi connectivity index (χ4n) is 2.69. The van der Waals surface area contributed by atoms with Crippen LogP contribution in [0.1, 0.15) is 25.8 Å². The Morgan fingerprint density at radius 2 is 1.82 bits per heavy atom. The highest BCUT2D eigenvalue weighted by Gasteiger charge is 2.14. The van der Waals surface area contributed by atoms with Crippen LogP contribution < -0.4 is 14.9 Å². The third-order valence-electron chi connectivity index (χ3n) is 4.16. The van der Waals surface area contributed by atoms with E-state index in [1.807, 2.05) is 73.7 Å². The first kappa shape index (κ1) is 19.4. The van der Waals surface area contributed by atoms with Crippen LogP contribution in [-0.4, -0.2) is 24.8 Å². The summed E-state index contributed by atoms with van der Waals surface area (Å²) >= 11 is 0. The summed E-state index contributed by atoms with van der Waals surface area (Å²) < 4.78 is 11.4. The molecule has 1 amide bonds. The van der Waals surface area contributed by atoms with E-state index in [1.165, 1.54) is 0 Å². The number of benzene rings is 3. The molecule has 0 spiro atoms. The lowest BCUT2D eigenvalue weighted by Gasteiger charge is -2.13. The van der Waals surface area contributed by atoms with Gasteiger partial charge in [0.1, 0.15) is 11.5 Å². The van der Waals surface area contributed by atoms with Gasteiger partial charge in [-0.15, -0.1) is 0 Å². The average Bonchev–Trinajstić information content (AvgIpc) is 2.72. The van der Waals surface area contributed by atoms with E-state index in [1.54, 1.807) is 13.1 Å². The van der Waals surface area contributed by atoms with Gasteiger partial charge >= 0.3 is 0 Å². The summed E-state index contributed by atoms with van der Waals surface area (Å²) in [6.07, 6.45) is 1.82. The quantitative estimate of drug-likeness (QED) is 0.464. The number of hydrogen-bond acceptors (Lipinski definition) is 4. The van der Waals surface area contributed by atoms with Gasteiger partial charge in [-0.1, -0.05) is 49.4 Å². The maximum atomic E-state index is 12.3. The number of nitrogens with one attached hydrogen (secondary N) is 1. The van der Waals surface area contributed by atoms with Crippen LogP contribution in [0.2, 0.25) is 0 Å². The van der Waals surface area contributed by atoms with Gasteiger partial charge in [-0.3, -0.25) is 4.79 Å². The van der Waals surface area contributed by atoms with Crippen LogP contribution in [0.3, 0.4) is 0 Å². The molecule has 0 aliphatic rings. The molecule has 0 saturated heterocycles. The summed E-state index contributed by atoms with van der Waals surface area (Å²) in [5.74, 6) is 1.06. The van der Waals surface area contributed by atoms with Crippen molar-refractivity contribution in [1.82, 2.24) is 5.43 Å². The highest BCUT2D eigenvalue weighted by Crippen LogP contribution is 2.21. The summed E-state index contributed by atoms with van der Waals surface area (Å²) in [7, 11) is 0. The molecule has 0 saturated carbocycles. The number of fused-ring (bicyclic) bond motifs is 1. The van der Waals surface area contributed by atoms with Crippen LogP contribution in [0.4, 0.5) is 0 Å². The van der Waals surface area contributed by atoms with Gasteiger partial charge in [0.15, 0.2) is 6.10 Å². The number of hydrogen-bond donors (Lipinski definition) is 1. The fraction of sp³-hybridized carbons (Fsp3) is 0.217. The van der Waals surface area contributed by atoms with E-state index in [2.05, 4.69) is 10.5 Å². The van der Waals surface area contributed by atoms with Crippen molar-refractivity contribution < 1.29 is 14.3 Å². The van der Waals surface area contributed by atoms with Gasteiger partial charge < -0.3 is 9.47 Å². The Morgan fingerprint density at radius 1 is 1.07 bits per heavy atom. The maximum absolute atomic E-state index is 12.3.